The molecule has 1 atom stereocenters. The van der Waals surface area contributed by atoms with Crippen molar-refractivity contribution in [2.24, 2.45) is 0 Å². The Kier molecular flexibility index (Phi) is 5.73. The van der Waals surface area contributed by atoms with Crippen molar-refractivity contribution in [3.05, 3.63) is 35.6 Å². The second-order valence-corrected chi connectivity index (χ2v) is 7.10. The summed E-state index contributed by atoms with van der Waals surface area (Å²) in [7, 11) is 0. The lowest BCUT2D eigenvalue weighted by Gasteiger charge is -2.36. The molecule has 0 bridgehead atoms. The molecule has 2 fully saturated rings. The van der Waals surface area contributed by atoms with Crippen molar-refractivity contribution in [3.8, 4) is 0 Å². The maximum Gasteiger partial charge on any atom is 0.240 e. The lowest BCUT2D eigenvalue weighted by atomic mass is 10.1. The van der Waals surface area contributed by atoms with Gasteiger partial charge in [-0.3, -0.25) is 14.9 Å². The molecule has 5 nitrogen and oxygen atoms in total. The van der Waals surface area contributed by atoms with Crippen molar-refractivity contribution in [1.82, 2.24) is 15.1 Å². The average molecular weight is 351 g/mol. The highest BCUT2D eigenvalue weighted by atomic mass is 32.2. The van der Waals surface area contributed by atoms with E-state index in [0.29, 0.717) is 44.6 Å². The number of nitrogens with one attached hydrogen (secondary N) is 1. The van der Waals surface area contributed by atoms with E-state index < -0.39 is 0 Å². The van der Waals surface area contributed by atoms with Crippen LogP contribution in [0.4, 0.5) is 4.39 Å². The second kappa shape index (κ2) is 7.98. The fourth-order valence-corrected chi connectivity index (χ4v) is 3.98. The van der Waals surface area contributed by atoms with Gasteiger partial charge in [0, 0.05) is 44.2 Å². The van der Waals surface area contributed by atoms with E-state index in [1.165, 1.54) is 6.07 Å². The Bertz CT molecular complexity index is 599. The van der Waals surface area contributed by atoms with Crippen LogP contribution in [0, 0.1) is 5.82 Å². The van der Waals surface area contributed by atoms with Crippen LogP contribution < -0.4 is 5.32 Å². The average Bonchev–Trinajstić information content (AvgIpc) is 3.15. The molecule has 2 amide bonds. The summed E-state index contributed by atoms with van der Waals surface area (Å²) < 4.78 is 13.6. The summed E-state index contributed by atoms with van der Waals surface area (Å²) in [6, 6.07) is 6.47. The number of rotatable bonds is 4. The van der Waals surface area contributed by atoms with Crippen LogP contribution >= 0.6 is 11.8 Å². The SMILES string of the molecule is O=C(CCc1ccccc1F)N1CCN(C(=O)C2CSCN2)CC1. The molecular weight excluding hydrogens is 329 g/mol. The van der Waals surface area contributed by atoms with Crippen molar-refractivity contribution < 1.29 is 14.0 Å². The monoisotopic (exact) mass is 351 g/mol. The molecule has 130 valence electrons. The van der Waals surface area contributed by atoms with Crippen LogP contribution in [0.2, 0.25) is 0 Å². The van der Waals surface area contributed by atoms with Crippen LogP contribution in [-0.4, -0.2) is 65.5 Å². The third-order valence-corrected chi connectivity index (χ3v) is 5.46. The van der Waals surface area contributed by atoms with E-state index in [0.717, 1.165) is 11.6 Å². The zero-order valence-corrected chi connectivity index (χ0v) is 14.4. The Labute approximate surface area is 145 Å². The number of thioether (sulfide) groups is 1. The Balaban J connectivity index is 1.45. The summed E-state index contributed by atoms with van der Waals surface area (Å²) in [5, 5.41) is 3.19. The molecule has 2 heterocycles. The molecule has 0 radical (unpaired) electrons. The molecule has 7 heteroatoms. The Hall–Kier alpha value is -1.60. The van der Waals surface area contributed by atoms with Gasteiger partial charge >= 0.3 is 0 Å². The molecule has 0 aliphatic carbocycles. The number of piperazine rings is 1. The number of carbonyl (C=O) groups excluding carboxylic acids is 2. The molecule has 2 aliphatic rings. The number of hydrogen-bond acceptors (Lipinski definition) is 4. The summed E-state index contributed by atoms with van der Waals surface area (Å²) in [5.74, 6) is 1.55. The topological polar surface area (TPSA) is 52.7 Å². The fraction of sp³-hybridized carbons (Fsp3) is 0.529. The Morgan fingerprint density at radius 1 is 1.17 bits per heavy atom. The smallest absolute Gasteiger partial charge is 0.240 e. The van der Waals surface area contributed by atoms with Gasteiger partial charge in [-0.25, -0.2) is 4.39 Å². The van der Waals surface area contributed by atoms with E-state index in [9.17, 15) is 14.0 Å². The molecule has 24 heavy (non-hydrogen) atoms. The van der Waals surface area contributed by atoms with E-state index in [4.69, 9.17) is 0 Å². The van der Waals surface area contributed by atoms with Gasteiger partial charge in [-0.1, -0.05) is 18.2 Å². The summed E-state index contributed by atoms with van der Waals surface area (Å²) in [5.41, 5.74) is 0.574. The first kappa shape index (κ1) is 17.2. The summed E-state index contributed by atoms with van der Waals surface area (Å²) in [6.45, 7) is 2.27. The molecule has 1 N–H and O–H groups in total. The number of halogens is 1. The van der Waals surface area contributed by atoms with Gasteiger partial charge in [0.1, 0.15) is 5.82 Å². The van der Waals surface area contributed by atoms with Crippen molar-refractivity contribution in [2.75, 3.05) is 37.8 Å². The molecule has 2 aliphatic heterocycles. The van der Waals surface area contributed by atoms with Gasteiger partial charge in [0.05, 0.1) is 6.04 Å². The first-order valence-electron chi connectivity index (χ1n) is 8.26. The van der Waals surface area contributed by atoms with E-state index in [1.54, 1.807) is 34.9 Å². The van der Waals surface area contributed by atoms with Crippen molar-refractivity contribution in [2.45, 2.75) is 18.9 Å². The Morgan fingerprint density at radius 2 is 1.88 bits per heavy atom. The van der Waals surface area contributed by atoms with Crippen molar-refractivity contribution >= 4 is 23.6 Å². The van der Waals surface area contributed by atoms with Gasteiger partial charge in [-0.05, 0) is 18.1 Å². The first-order chi connectivity index (χ1) is 11.6. The molecule has 1 aromatic rings. The van der Waals surface area contributed by atoms with E-state index in [1.807, 2.05) is 4.90 Å². The number of aryl methyl sites for hydroxylation is 1. The largest absolute Gasteiger partial charge is 0.339 e. The van der Waals surface area contributed by atoms with Gasteiger partial charge in [0.15, 0.2) is 0 Å². The maximum atomic E-state index is 13.6. The molecule has 3 rings (SSSR count). The zero-order valence-electron chi connectivity index (χ0n) is 13.5. The second-order valence-electron chi connectivity index (χ2n) is 6.07. The molecule has 0 aromatic heterocycles. The quantitative estimate of drug-likeness (QED) is 0.882. The number of amides is 2. The standard InChI is InChI=1S/C17H22FN3O2S/c18-14-4-2-1-3-13(14)5-6-16(22)20-7-9-21(10-8-20)17(23)15-11-24-12-19-15/h1-4,15,19H,5-12H2. The van der Waals surface area contributed by atoms with Gasteiger partial charge in [-0.2, -0.15) is 0 Å². The molecule has 1 unspecified atom stereocenters. The van der Waals surface area contributed by atoms with Crippen LogP contribution in [0.3, 0.4) is 0 Å². The number of carbonyl (C=O) groups is 2. The first-order valence-corrected chi connectivity index (χ1v) is 9.42. The zero-order chi connectivity index (χ0) is 16.9. The maximum absolute atomic E-state index is 13.6. The van der Waals surface area contributed by atoms with E-state index in [-0.39, 0.29) is 23.7 Å². The normalized spacial score (nSPS) is 21.1. The highest BCUT2D eigenvalue weighted by Gasteiger charge is 2.30. The van der Waals surface area contributed by atoms with Gasteiger partial charge in [0.2, 0.25) is 11.8 Å². The van der Waals surface area contributed by atoms with Crippen LogP contribution in [-0.2, 0) is 16.0 Å². The molecule has 2 saturated heterocycles. The lowest BCUT2D eigenvalue weighted by Crippen LogP contribution is -2.54. The number of hydrogen-bond donors (Lipinski definition) is 1. The van der Waals surface area contributed by atoms with Crippen molar-refractivity contribution in [1.29, 1.82) is 0 Å². The molecule has 0 saturated carbocycles. The highest BCUT2D eigenvalue weighted by Crippen LogP contribution is 2.14. The number of nitrogens with zero attached hydrogens (tertiary/aromatic N) is 2. The van der Waals surface area contributed by atoms with Crippen LogP contribution in [0.1, 0.15) is 12.0 Å². The van der Waals surface area contributed by atoms with Crippen LogP contribution in [0.15, 0.2) is 24.3 Å². The van der Waals surface area contributed by atoms with Crippen LogP contribution in [0.5, 0.6) is 0 Å². The third-order valence-electron chi connectivity index (χ3n) is 4.52. The highest BCUT2D eigenvalue weighted by molar-refractivity contribution is 7.99. The lowest BCUT2D eigenvalue weighted by molar-refractivity contribution is -0.140. The minimum Gasteiger partial charge on any atom is -0.339 e. The van der Waals surface area contributed by atoms with Crippen molar-refractivity contribution in [3.63, 3.8) is 0 Å². The Morgan fingerprint density at radius 3 is 2.54 bits per heavy atom. The molecular formula is C17H22FN3O2S. The van der Waals surface area contributed by atoms with Gasteiger partial charge in [0.25, 0.3) is 0 Å². The summed E-state index contributed by atoms with van der Waals surface area (Å²) in [4.78, 5) is 28.2. The third kappa shape index (κ3) is 4.08. The predicted molar refractivity (Wildman–Crippen MR) is 92.1 cm³/mol. The molecule has 1 aromatic carbocycles. The minimum absolute atomic E-state index is 0.0277. The molecule has 0 spiro atoms. The summed E-state index contributed by atoms with van der Waals surface area (Å²) in [6.07, 6.45) is 0.712. The fourth-order valence-electron chi connectivity index (χ4n) is 3.05. The van der Waals surface area contributed by atoms with E-state index in [2.05, 4.69) is 5.32 Å². The summed E-state index contributed by atoms with van der Waals surface area (Å²) >= 11 is 1.73. The number of benzene rings is 1. The van der Waals surface area contributed by atoms with Crippen LogP contribution in [0.25, 0.3) is 0 Å². The van der Waals surface area contributed by atoms with Gasteiger partial charge in [-0.15, -0.1) is 11.8 Å². The van der Waals surface area contributed by atoms with Gasteiger partial charge < -0.3 is 9.80 Å². The van der Waals surface area contributed by atoms with E-state index >= 15 is 0 Å². The minimum atomic E-state index is -0.261. The predicted octanol–water partition coefficient (Wildman–Crippen LogP) is 1.09.